The lowest BCUT2D eigenvalue weighted by molar-refractivity contribution is -0.928. The van der Waals surface area contributed by atoms with Crippen molar-refractivity contribution in [3.63, 3.8) is 0 Å². The molecule has 3 N–H and O–H groups in total. The molecule has 0 saturated heterocycles. The van der Waals surface area contributed by atoms with E-state index in [0.29, 0.717) is 0 Å². The third-order valence-electron chi connectivity index (χ3n) is 2.93. The van der Waals surface area contributed by atoms with Gasteiger partial charge in [0.25, 0.3) is 0 Å². The predicted molar refractivity (Wildman–Crippen MR) is 66.2 cm³/mol. The third-order valence-corrected chi connectivity index (χ3v) is 2.93. The van der Waals surface area contributed by atoms with E-state index in [9.17, 15) is 0 Å². The van der Waals surface area contributed by atoms with Gasteiger partial charge in [-0.2, -0.15) is 0 Å². The monoisotopic (exact) mass is 218 g/mol. The molecule has 15 heavy (non-hydrogen) atoms. The van der Waals surface area contributed by atoms with Crippen LogP contribution in [0.5, 0.6) is 0 Å². The Balaban J connectivity index is 0. The van der Waals surface area contributed by atoms with Crippen molar-refractivity contribution in [1.82, 2.24) is 0 Å². The van der Waals surface area contributed by atoms with Gasteiger partial charge in [-0.1, -0.05) is 20.8 Å². The first kappa shape index (κ1) is 17.3. The van der Waals surface area contributed by atoms with Gasteiger partial charge in [0.2, 0.25) is 0 Å². The van der Waals surface area contributed by atoms with E-state index >= 15 is 0 Å². The average Bonchev–Trinajstić information content (AvgIpc) is 2.16. The van der Waals surface area contributed by atoms with E-state index in [-0.39, 0.29) is 5.48 Å². The van der Waals surface area contributed by atoms with Crippen LogP contribution in [0.15, 0.2) is 0 Å². The van der Waals surface area contributed by atoms with Gasteiger partial charge in [-0.15, -0.1) is 0 Å². The molecule has 0 aromatic heterocycles. The summed E-state index contributed by atoms with van der Waals surface area (Å²) in [6.07, 6.45) is 5.07. The summed E-state index contributed by atoms with van der Waals surface area (Å²) < 4.78 is 1.31. The van der Waals surface area contributed by atoms with Crippen molar-refractivity contribution in [2.75, 3.05) is 32.7 Å². The molecule has 0 saturated carbocycles. The van der Waals surface area contributed by atoms with Crippen LogP contribution in [0.1, 0.15) is 46.5 Å². The Bertz CT molecular complexity index is 112. The number of nitrogens with two attached hydrogens (primary N) is 1. The first-order valence-corrected chi connectivity index (χ1v) is 6.29. The SMILES string of the molecule is CCC[N+](CCC)(CCC)CCCN.[OH-]. The standard InChI is InChI=1S/C12H29N2.H2O/c1-4-9-14(10-5-2,11-6-3)12-7-8-13;/h4-13H2,1-3H3;1H2/q+1;/p-1. The fourth-order valence-corrected chi connectivity index (χ4v) is 2.52. The van der Waals surface area contributed by atoms with Gasteiger partial charge < -0.3 is 15.7 Å². The maximum absolute atomic E-state index is 5.61. The van der Waals surface area contributed by atoms with Crippen LogP contribution in [0.4, 0.5) is 0 Å². The van der Waals surface area contributed by atoms with Crippen LogP contribution < -0.4 is 5.73 Å². The fourth-order valence-electron chi connectivity index (χ4n) is 2.52. The van der Waals surface area contributed by atoms with Crippen molar-refractivity contribution < 1.29 is 9.96 Å². The second-order valence-corrected chi connectivity index (χ2v) is 4.38. The summed E-state index contributed by atoms with van der Waals surface area (Å²) in [5.41, 5.74) is 5.61. The van der Waals surface area contributed by atoms with Gasteiger partial charge in [0.1, 0.15) is 0 Å². The summed E-state index contributed by atoms with van der Waals surface area (Å²) >= 11 is 0. The first-order valence-electron chi connectivity index (χ1n) is 6.29. The minimum absolute atomic E-state index is 0. The van der Waals surface area contributed by atoms with E-state index in [2.05, 4.69) is 20.8 Å². The topological polar surface area (TPSA) is 56.0 Å². The number of nitrogens with zero attached hydrogens (tertiary/aromatic N) is 1. The van der Waals surface area contributed by atoms with Crippen LogP contribution in [0, 0.1) is 0 Å². The van der Waals surface area contributed by atoms with Gasteiger partial charge in [0, 0.05) is 6.42 Å². The summed E-state index contributed by atoms with van der Waals surface area (Å²) in [5, 5.41) is 0. The highest BCUT2D eigenvalue weighted by molar-refractivity contribution is 4.46. The van der Waals surface area contributed by atoms with Crippen molar-refractivity contribution in [2.24, 2.45) is 5.73 Å². The van der Waals surface area contributed by atoms with Gasteiger partial charge in [-0.3, -0.25) is 0 Å². The van der Waals surface area contributed by atoms with Gasteiger partial charge in [0.15, 0.2) is 0 Å². The molecule has 0 aromatic rings. The van der Waals surface area contributed by atoms with E-state index in [4.69, 9.17) is 5.73 Å². The number of rotatable bonds is 9. The molecule has 0 aliphatic heterocycles. The highest BCUT2D eigenvalue weighted by Crippen LogP contribution is 2.12. The Labute approximate surface area is 95.5 Å². The predicted octanol–water partition coefficient (Wildman–Crippen LogP) is 2.21. The molecule has 0 fully saturated rings. The molecule has 0 bridgehead atoms. The lowest BCUT2D eigenvalue weighted by Crippen LogP contribution is -2.50. The van der Waals surface area contributed by atoms with Crippen LogP contribution in [0.25, 0.3) is 0 Å². The Kier molecular flexibility index (Phi) is 12.0. The van der Waals surface area contributed by atoms with Crippen LogP contribution in [0.3, 0.4) is 0 Å². The molecule has 0 heterocycles. The summed E-state index contributed by atoms with van der Waals surface area (Å²) in [7, 11) is 0. The average molecular weight is 218 g/mol. The first-order chi connectivity index (χ1) is 6.74. The molecule has 94 valence electrons. The molecule has 0 rings (SSSR count). The Hall–Kier alpha value is -0.120. The normalized spacial score (nSPS) is 11.2. The molecular weight excluding hydrogens is 188 g/mol. The lowest BCUT2D eigenvalue weighted by atomic mass is 10.2. The maximum Gasteiger partial charge on any atom is 0.0798 e. The fraction of sp³-hybridized carbons (Fsp3) is 1.00. The second-order valence-electron chi connectivity index (χ2n) is 4.38. The van der Waals surface area contributed by atoms with E-state index in [1.807, 2.05) is 0 Å². The molecular formula is C12H30N2O. The molecule has 0 atom stereocenters. The van der Waals surface area contributed by atoms with Crippen LogP contribution >= 0.6 is 0 Å². The highest BCUT2D eigenvalue weighted by Gasteiger charge is 2.23. The van der Waals surface area contributed by atoms with E-state index in [1.54, 1.807) is 0 Å². The van der Waals surface area contributed by atoms with E-state index in [0.717, 1.165) is 6.54 Å². The zero-order chi connectivity index (χ0) is 10.9. The van der Waals surface area contributed by atoms with E-state index < -0.39 is 0 Å². The Morgan fingerprint density at radius 1 is 0.800 bits per heavy atom. The van der Waals surface area contributed by atoms with Gasteiger partial charge in [-0.05, 0) is 25.8 Å². The largest absolute Gasteiger partial charge is 0.870 e. The molecule has 3 nitrogen and oxygen atoms in total. The molecule has 0 spiro atoms. The molecule has 3 heteroatoms. The zero-order valence-electron chi connectivity index (χ0n) is 10.8. The minimum Gasteiger partial charge on any atom is -0.870 e. The second kappa shape index (κ2) is 10.4. The number of hydrogen-bond donors (Lipinski definition) is 1. The molecule has 0 unspecified atom stereocenters. The Morgan fingerprint density at radius 3 is 1.47 bits per heavy atom. The van der Waals surface area contributed by atoms with Crippen molar-refractivity contribution in [1.29, 1.82) is 0 Å². The zero-order valence-corrected chi connectivity index (χ0v) is 10.8. The van der Waals surface area contributed by atoms with Crippen LogP contribution in [0.2, 0.25) is 0 Å². The quantitative estimate of drug-likeness (QED) is 0.603. The third kappa shape index (κ3) is 6.88. The summed E-state index contributed by atoms with van der Waals surface area (Å²) in [5.74, 6) is 0. The smallest absolute Gasteiger partial charge is 0.0798 e. The van der Waals surface area contributed by atoms with Crippen molar-refractivity contribution in [3.8, 4) is 0 Å². The number of quaternary nitrogens is 1. The maximum atomic E-state index is 5.61. The molecule has 0 aliphatic rings. The summed E-state index contributed by atoms with van der Waals surface area (Å²) in [4.78, 5) is 0. The summed E-state index contributed by atoms with van der Waals surface area (Å²) in [6.45, 7) is 13.0. The molecule has 0 amide bonds. The van der Waals surface area contributed by atoms with Crippen molar-refractivity contribution in [3.05, 3.63) is 0 Å². The van der Waals surface area contributed by atoms with Gasteiger partial charge in [-0.25, -0.2) is 0 Å². The van der Waals surface area contributed by atoms with Gasteiger partial charge in [0.05, 0.1) is 26.2 Å². The Morgan fingerprint density at radius 2 is 1.20 bits per heavy atom. The number of hydrogen-bond acceptors (Lipinski definition) is 2. The highest BCUT2D eigenvalue weighted by atomic mass is 16.0. The summed E-state index contributed by atoms with van der Waals surface area (Å²) in [6, 6.07) is 0. The van der Waals surface area contributed by atoms with Gasteiger partial charge >= 0.3 is 0 Å². The molecule has 0 aromatic carbocycles. The van der Waals surface area contributed by atoms with Crippen molar-refractivity contribution >= 4 is 0 Å². The van der Waals surface area contributed by atoms with Crippen LogP contribution in [-0.2, 0) is 0 Å². The lowest BCUT2D eigenvalue weighted by Gasteiger charge is -2.38. The van der Waals surface area contributed by atoms with Crippen molar-refractivity contribution in [2.45, 2.75) is 46.5 Å². The van der Waals surface area contributed by atoms with Crippen LogP contribution in [-0.4, -0.2) is 42.7 Å². The molecule has 0 radical (unpaired) electrons. The minimum atomic E-state index is 0. The van der Waals surface area contributed by atoms with E-state index in [1.165, 1.54) is 56.3 Å². The molecule has 0 aliphatic carbocycles.